The molecular formula is C15H20BrNO3. The monoisotopic (exact) mass is 341 g/mol. The van der Waals surface area contributed by atoms with Gasteiger partial charge >= 0.3 is 0 Å². The zero-order chi connectivity index (χ0) is 15.1. The summed E-state index contributed by atoms with van der Waals surface area (Å²) in [6.45, 7) is 7.55. The highest BCUT2D eigenvalue weighted by molar-refractivity contribution is 9.10. The standard InChI is InChI=1S/C15H20BrNO3/c1-5-8-20-11(3)15(18)17-10(2)12-6-7-14(19-4)13(16)9-12/h5-7,9-11H,1,8H2,2-4H3,(H,17,18)/t10-,11-/m0/s1. The average molecular weight is 342 g/mol. The van der Waals surface area contributed by atoms with Crippen LogP contribution in [-0.4, -0.2) is 25.7 Å². The summed E-state index contributed by atoms with van der Waals surface area (Å²) >= 11 is 3.43. The van der Waals surface area contributed by atoms with E-state index in [2.05, 4.69) is 27.8 Å². The first-order valence-corrected chi connectivity index (χ1v) is 7.15. The number of benzene rings is 1. The molecule has 0 aliphatic rings. The van der Waals surface area contributed by atoms with Gasteiger partial charge in [0.1, 0.15) is 11.9 Å². The first-order chi connectivity index (χ1) is 9.49. The first kappa shape index (κ1) is 16.7. The molecule has 1 aromatic carbocycles. The molecule has 0 bridgehead atoms. The van der Waals surface area contributed by atoms with Crippen molar-refractivity contribution >= 4 is 21.8 Å². The van der Waals surface area contributed by atoms with Crippen molar-refractivity contribution in [1.82, 2.24) is 5.32 Å². The van der Waals surface area contributed by atoms with Crippen LogP contribution in [0.2, 0.25) is 0 Å². The Morgan fingerprint density at radius 1 is 1.50 bits per heavy atom. The van der Waals surface area contributed by atoms with Gasteiger partial charge in [0.05, 0.1) is 24.2 Å². The van der Waals surface area contributed by atoms with Gasteiger partial charge in [-0.15, -0.1) is 6.58 Å². The Balaban J connectivity index is 2.66. The smallest absolute Gasteiger partial charge is 0.249 e. The number of rotatable bonds is 7. The molecule has 0 aliphatic carbocycles. The van der Waals surface area contributed by atoms with Crippen LogP contribution >= 0.6 is 15.9 Å². The number of hydrogen-bond acceptors (Lipinski definition) is 3. The molecule has 0 saturated carbocycles. The highest BCUT2D eigenvalue weighted by atomic mass is 79.9. The molecule has 4 nitrogen and oxygen atoms in total. The summed E-state index contributed by atoms with van der Waals surface area (Å²) in [6, 6.07) is 5.60. The third-order valence-corrected chi connectivity index (χ3v) is 3.49. The van der Waals surface area contributed by atoms with Crippen LogP contribution in [0.1, 0.15) is 25.5 Å². The Labute approximate surface area is 128 Å². The molecule has 1 amide bonds. The van der Waals surface area contributed by atoms with Crippen molar-refractivity contribution in [2.24, 2.45) is 0 Å². The molecule has 1 rings (SSSR count). The zero-order valence-electron chi connectivity index (χ0n) is 12.0. The fraction of sp³-hybridized carbons (Fsp3) is 0.400. The zero-order valence-corrected chi connectivity index (χ0v) is 13.6. The van der Waals surface area contributed by atoms with Crippen LogP contribution in [0, 0.1) is 0 Å². The summed E-state index contributed by atoms with van der Waals surface area (Å²) < 4.78 is 11.3. The summed E-state index contributed by atoms with van der Waals surface area (Å²) in [5.74, 6) is 0.612. The lowest BCUT2D eigenvalue weighted by Gasteiger charge is -2.18. The van der Waals surface area contributed by atoms with Gasteiger partial charge in [0.25, 0.3) is 0 Å². The molecule has 0 aliphatic heterocycles. The fourth-order valence-electron chi connectivity index (χ4n) is 1.65. The van der Waals surface area contributed by atoms with Crippen molar-refractivity contribution in [3.8, 4) is 5.75 Å². The second-order valence-corrected chi connectivity index (χ2v) is 5.24. The van der Waals surface area contributed by atoms with Gasteiger partial charge in [0.15, 0.2) is 0 Å². The predicted molar refractivity (Wildman–Crippen MR) is 82.9 cm³/mol. The van der Waals surface area contributed by atoms with Crippen molar-refractivity contribution in [2.75, 3.05) is 13.7 Å². The number of carbonyl (C=O) groups excluding carboxylic acids is 1. The topological polar surface area (TPSA) is 47.6 Å². The maximum atomic E-state index is 11.9. The number of carbonyl (C=O) groups is 1. The third kappa shape index (κ3) is 4.65. The molecule has 0 radical (unpaired) electrons. The van der Waals surface area contributed by atoms with Gasteiger partial charge in [-0.25, -0.2) is 0 Å². The van der Waals surface area contributed by atoms with Gasteiger partial charge in [-0.3, -0.25) is 4.79 Å². The summed E-state index contributed by atoms with van der Waals surface area (Å²) in [6.07, 6.45) is 1.12. The first-order valence-electron chi connectivity index (χ1n) is 6.36. The normalized spacial score (nSPS) is 13.4. The van der Waals surface area contributed by atoms with Crippen LogP contribution in [0.25, 0.3) is 0 Å². The number of halogens is 1. The van der Waals surface area contributed by atoms with Crippen LogP contribution in [0.3, 0.4) is 0 Å². The van der Waals surface area contributed by atoms with Gasteiger partial charge in [-0.1, -0.05) is 12.1 Å². The van der Waals surface area contributed by atoms with Crippen molar-refractivity contribution in [3.05, 3.63) is 40.9 Å². The number of amides is 1. The largest absolute Gasteiger partial charge is 0.496 e. The van der Waals surface area contributed by atoms with Gasteiger partial charge in [0, 0.05) is 0 Å². The van der Waals surface area contributed by atoms with Crippen LogP contribution in [-0.2, 0) is 9.53 Å². The lowest BCUT2D eigenvalue weighted by atomic mass is 10.1. The molecule has 20 heavy (non-hydrogen) atoms. The Morgan fingerprint density at radius 3 is 2.75 bits per heavy atom. The van der Waals surface area contributed by atoms with E-state index in [4.69, 9.17) is 9.47 Å². The number of ether oxygens (including phenoxy) is 2. The van der Waals surface area contributed by atoms with E-state index in [1.807, 2.05) is 25.1 Å². The summed E-state index contributed by atoms with van der Waals surface area (Å²) in [5.41, 5.74) is 0.988. The molecular weight excluding hydrogens is 322 g/mol. The third-order valence-electron chi connectivity index (χ3n) is 2.87. The summed E-state index contributed by atoms with van der Waals surface area (Å²) in [5, 5.41) is 2.91. The molecule has 1 N–H and O–H groups in total. The second kappa shape index (κ2) is 8.07. The van der Waals surface area contributed by atoms with E-state index < -0.39 is 6.10 Å². The quantitative estimate of drug-likeness (QED) is 0.774. The van der Waals surface area contributed by atoms with Crippen LogP contribution < -0.4 is 10.1 Å². The summed E-state index contributed by atoms with van der Waals surface area (Å²) in [4.78, 5) is 11.9. The minimum atomic E-state index is -0.503. The van der Waals surface area contributed by atoms with Crippen molar-refractivity contribution in [2.45, 2.75) is 26.0 Å². The van der Waals surface area contributed by atoms with Crippen molar-refractivity contribution in [3.63, 3.8) is 0 Å². The number of methoxy groups -OCH3 is 1. The lowest BCUT2D eigenvalue weighted by molar-refractivity contribution is -0.131. The van der Waals surface area contributed by atoms with E-state index >= 15 is 0 Å². The molecule has 1 aromatic rings. The highest BCUT2D eigenvalue weighted by Gasteiger charge is 2.16. The second-order valence-electron chi connectivity index (χ2n) is 4.39. The van der Waals surface area contributed by atoms with Crippen LogP contribution in [0.5, 0.6) is 5.75 Å². The van der Waals surface area contributed by atoms with Gasteiger partial charge in [0.2, 0.25) is 5.91 Å². The summed E-state index contributed by atoms with van der Waals surface area (Å²) in [7, 11) is 1.61. The number of hydrogen-bond donors (Lipinski definition) is 1. The van der Waals surface area contributed by atoms with E-state index in [1.54, 1.807) is 20.1 Å². The maximum absolute atomic E-state index is 11.9. The van der Waals surface area contributed by atoms with E-state index in [-0.39, 0.29) is 11.9 Å². The Hall–Kier alpha value is -1.33. The molecule has 0 spiro atoms. The van der Waals surface area contributed by atoms with Gasteiger partial charge < -0.3 is 14.8 Å². The van der Waals surface area contributed by atoms with Gasteiger partial charge in [-0.05, 0) is 47.5 Å². The fourth-order valence-corrected chi connectivity index (χ4v) is 2.21. The molecule has 110 valence electrons. The molecule has 0 aromatic heterocycles. The Bertz CT molecular complexity index is 476. The molecule has 0 fully saturated rings. The molecule has 0 unspecified atom stereocenters. The lowest BCUT2D eigenvalue weighted by Crippen LogP contribution is -2.36. The maximum Gasteiger partial charge on any atom is 0.249 e. The molecule has 0 heterocycles. The van der Waals surface area contributed by atoms with Crippen LogP contribution in [0.15, 0.2) is 35.3 Å². The van der Waals surface area contributed by atoms with E-state index in [9.17, 15) is 4.79 Å². The van der Waals surface area contributed by atoms with E-state index in [0.29, 0.717) is 6.61 Å². The van der Waals surface area contributed by atoms with Crippen molar-refractivity contribution < 1.29 is 14.3 Å². The predicted octanol–water partition coefficient (Wildman–Crippen LogP) is 3.23. The highest BCUT2D eigenvalue weighted by Crippen LogP contribution is 2.27. The minimum absolute atomic E-state index is 0.112. The molecule has 5 heteroatoms. The SMILES string of the molecule is C=CCO[C@@H](C)C(=O)N[C@@H](C)c1ccc(OC)c(Br)c1. The number of nitrogens with one attached hydrogen (secondary N) is 1. The molecule has 2 atom stereocenters. The van der Waals surface area contributed by atoms with Crippen LogP contribution in [0.4, 0.5) is 0 Å². The van der Waals surface area contributed by atoms with Gasteiger partial charge in [-0.2, -0.15) is 0 Å². The van der Waals surface area contributed by atoms with E-state index in [0.717, 1.165) is 15.8 Å². The Kier molecular flexibility index (Phi) is 6.75. The average Bonchev–Trinajstić information content (AvgIpc) is 2.44. The van der Waals surface area contributed by atoms with Crippen molar-refractivity contribution in [1.29, 1.82) is 0 Å². The Morgan fingerprint density at radius 2 is 2.20 bits per heavy atom. The molecule has 0 saturated heterocycles. The van der Waals surface area contributed by atoms with E-state index in [1.165, 1.54) is 0 Å². The minimum Gasteiger partial charge on any atom is -0.496 e.